The summed E-state index contributed by atoms with van der Waals surface area (Å²) in [7, 11) is 3.69. The van der Waals surface area contributed by atoms with Crippen LogP contribution in [0.5, 0.6) is 0 Å². The summed E-state index contributed by atoms with van der Waals surface area (Å²) in [6.45, 7) is 1.99. The highest BCUT2D eigenvalue weighted by Crippen LogP contribution is 2.10. The van der Waals surface area contributed by atoms with Crippen LogP contribution in [0.3, 0.4) is 0 Å². The molecule has 21 heavy (non-hydrogen) atoms. The minimum Gasteiger partial charge on any atom is -0.348 e. The predicted molar refractivity (Wildman–Crippen MR) is 85.9 cm³/mol. The molecule has 0 unspecified atom stereocenters. The smallest absolute Gasteiger partial charge is 0.257 e. The van der Waals surface area contributed by atoms with Crippen molar-refractivity contribution in [2.45, 2.75) is 6.92 Å². The molecule has 0 aliphatic rings. The number of benzene rings is 2. The summed E-state index contributed by atoms with van der Waals surface area (Å²) < 4.78 is 0. The highest BCUT2D eigenvalue weighted by atomic mass is 16.1. The standard InChI is InChI=1S/C17H19N3O/c1-13-9-11-14(12-10-13)16(21)19-17(20(2)3)18-15-7-5-4-6-8-15/h4-12H,1-3H3,(H,18,19,21). The number of amides is 1. The van der Waals surface area contributed by atoms with Gasteiger partial charge in [-0.3, -0.25) is 10.1 Å². The zero-order valence-corrected chi connectivity index (χ0v) is 12.5. The quantitative estimate of drug-likeness (QED) is 0.679. The first-order valence-electron chi connectivity index (χ1n) is 6.75. The first-order valence-corrected chi connectivity index (χ1v) is 6.75. The van der Waals surface area contributed by atoms with Gasteiger partial charge >= 0.3 is 0 Å². The van der Waals surface area contributed by atoms with Crippen molar-refractivity contribution in [2.75, 3.05) is 14.1 Å². The zero-order chi connectivity index (χ0) is 15.2. The average molecular weight is 281 g/mol. The van der Waals surface area contributed by atoms with Crippen LogP contribution in [-0.4, -0.2) is 30.9 Å². The lowest BCUT2D eigenvalue weighted by molar-refractivity contribution is 0.0973. The number of hydrogen-bond donors (Lipinski definition) is 1. The minimum absolute atomic E-state index is 0.168. The van der Waals surface area contributed by atoms with E-state index in [-0.39, 0.29) is 5.91 Å². The summed E-state index contributed by atoms with van der Waals surface area (Å²) in [5, 5.41) is 2.84. The Balaban J connectivity index is 2.19. The van der Waals surface area contributed by atoms with Crippen LogP contribution in [0.1, 0.15) is 15.9 Å². The lowest BCUT2D eigenvalue weighted by Crippen LogP contribution is -2.40. The Morgan fingerprint density at radius 1 is 1.00 bits per heavy atom. The molecule has 0 saturated heterocycles. The molecule has 2 rings (SSSR count). The van der Waals surface area contributed by atoms with E-state index in [0.717, 1.165) is 11.3 Å². The van der Waals surface area contributed by atoms with Crippen LogP contribution in [-0.2, 0) is 0 Å². The van der Waals surface area contributed by atoms with E-state index in [0.29, 0.717) is 11.5 Å². The van der Waals surface area contributed by atoms with Gasteiger partial charge in [-0.25, -0.2) is 4.99 Å². The molecular formula is C17H19N3O. The second kappa shape index (κ2) is 6.70. The lowest BCUT2D eigenvalue weighted by atomic mass is 10.1. The molecule has 2 aromatic rings. The van der Waals surface area contributed by atoms with Crippen molar-refractivity contribution in [3.05, 3.63) is 65.7 Å². The van der Waals surface area contributed by atoms with Gasteiger partial charge in [-0.05, 0) is 31.2 Å². The van der Waals surface area contributed by atoms with E-state index in [1.807, 2.05) is 63.5 Å². The topological polar surface area (TPSA) is 44.7 Å². The molecule has 2 aromatic carbocycles. The van der Waals surface area contributed by atoms with Gasteiger partial charge in [-0.1, -0.05) is 35.9 Å². The van der Waals surface area contributed by atoms with E-state index in [4.69, 9.17) is 0 Å². The van der Waals surface area contributed by atoms with Crippen molar-refractivity contribution in [1.29, 1.82) is 0 Å². The molecule has 0 radical (unpaired) electrons. The summed E-state index contributed by atoms with van der Waals surface area (Å²) in [5.41, 5.74) is 2.53. The van der Waals surface area contributed by atoms with Crippen molar-refractivity contribution in [2.24, 2.45) is 4.99 Å². The van der Waals surface area contributed by atoms with Gasteiger partial charge in [0.05, 0.1) is 5.69 Å². The van der Waals surface area contributed by atoms with Gasteiger partial charge in [-0.15, -0.1) is 0 Å². The van der Waals surface area contributed by atoms with Crippen molar-refractivity contribution in [3.63, 3.8) is 0 Å². The second-order valence-corrected chi connectivity index (χ2v) is 4.99. The van der Waals surface area contributed by atoms with Gasteiger partial charge in [-0.2, -0.15) is 0 Å². The Morgan fingerprint density at radius 3 is 2.19 bits per heavy atom. The fourth-order valence-corrected chi connectivity index (χ4v) is 1.74. The first-order chi connectivity index (χ1) is 10.1. The van der Waals surface area contributed by atoms with Crippen LogP contribution in [0.25, 0.3) is 0 Å². The van der Waals surface area contributed by atoms with Gasteiger partial charge in [0.2, 0.25) is 5.96 Å². The average Bonchev–Trinajstić information content (AvgIpc) is 2.48. The Bertz CT molecular complexity index is 631. The molecule has 0 aromatic heterocycles. The molecular weight excluding hydrogens is 262 g/mol. The van der Waals surface area contributed by atoms with Crippen LogP contribution >= 0.6 is 0 Å². The molecule has 1 N–H and O–H groups in total. The monoisotopic (exact) mass is 281 g/mol. The Morgan fingerprint density at radius 2 is 1.62 bits per heavy atom. The Hall–Kier alpha value is -2.62. The maximum absolute atomic E-state index is 12.2. The number of carbonyl (C=O) groups excluding carboxylic acids is 1. The molecule has 0 atom stereocenters. The fraction of sp³-hybridized carbons (Fsp3) is 0.176. The normalized spacial score (nSPS) is 11.1. The summed E-state index contributed by atoms with van der Waals surface area (Å²) in [5.74, 6) is 0.338. The first kappa shape index (κ1) is 14.8. The Labute approximate surface area is 125 Å². The highest BCUT2D eigenvalue weighted by molar-refractivity contribution is 6.06. The number of para-hydroxylation sites is 1. The third-order valence-electron chi connectivity index (χ3n) is 2.95. The summed E-state index contributed by atoms with van der Waals surface area (Å²) >= 11 is 0. The molecule has 0 fully saturated rings. The van der Waals surface area contributed by atoms with E-state index >= 15 is 0 Å². The van der Waals surface area contributed by atoms with Crippen LogP contribution in [0.15, 0.2) is 59.6 Å². The predicted octanol–water partition coefficient (Wildman–Crippen LogP) is 2.97. The maximum atomic E-state index is 12.2. The largest absolute Gasteiger partial charge is 0.348 e. The van der Waals surface area contributed by atoms with Crippen LogP contribution in [0, 0.1) is 6.92 Å². The Kier molecular flexibility index (Phi) is 4.72. The summed E-state index contributed by atoms with van der Waals surface area (Å²) in [6.07, 6.45) is 0. The molecule has 4 heteroatoms. The van der Waals surface area contributed by atoms with Crippen LogP contribution < -0.4 is 5.32 Å². The van der Waals surface area contributed by atoms with Crippen molar-refractivity contribution in [3.8, 4) is 0 Å². The summed E-state index contributed by atoms with van der Waals surface area (Å²) in [6, 6.07) is 17.0. The molecule has 108 valence electrons. The number of aliphatic imine (C=N–C) groups is 1. The SMILES string of the molecule is Cc1ccc(C(=O)NC(=Nc2ccccc2)N(C)C)cc1. The number of rotatable bonds is 2. The fourth-order valence-electron chi connectivity index (χ4n) is 1.74. The molecule has 0 saturated carbocycles. The molecule has 0 spiro atoms. The van der Waals surface area contributed by atoms with Gasteiger partial charge in [0.1, 0.15) is 0 Å². The zero-order valence-electron chi connectivity index (χ0n) is 12.5. The summed E-state index contributed by atoms with van der Waals surface area (Å²) in [4.78, 5) is 18.5. The van der Waals surface area contributed by atoms with E-state index in [1.54, 1.807) is 17.0 Å². The van der Waals surface area contributed by atoms with Gasteiger partial charge in [0.25, 0.3) is 5.91 Å². The number of carbonyl (C=O) groups is 1. The minimum atomic E-state index is -0.168. The highest BCUT2D eigenvalue weighted by Gasteiger charge is 2.10. The third-order valence-corrected chi connectivity index (χ3v) is 2.95. The van der Waals surface area contributed by atoms with Crippen molar-refractivity contribution < 1.29 is 4.79 Å². The molecule has 0 bridgehead atoms. The lowest BCUT2D eigenvalue weighted by Gasteiger charge is -2.16. The molecule has 0 aliphatic carbocycles. The number of guanidine groups is 1. The number of hydrogen-bond acceptors (Lipinski definition) is 2. The van der Waals surface area contributed by atoms with Crippen molar-refractivity contribution >= 4 is 17.6 Å². The molecule has 4 nitrogen and oxygen atoms in total. The van der Waals surface area contributed by atoms with Gasteiger partial charge < -0.3 is 4.90 Å². The van der Waals surface area contributed by atoms with E-state index in [1.165, 1.54) is 0 Å². The van der Waals surface area contributed by atoms with Crippen LogP contribution in [0.4, 0.5) is 5.69 Å². The second-order valence-electron chi connectivity index (χ2n) is 4.99. The maximum Gasteiger partial charge on any atom is 0.257 e. The van der Waals surface area contributed by atoms with Crippen molar-refractivity contribution in [1.82, 2.24) is 10.2 Å². The molecule has 1 amide bonds. The number of nitrogens with one attached hydrogen (secondary N) is 1. The van der Waals surface area contributed by atoms with Crippen LogP contribution in [0.2, 0.25) is 0 Å². The molecule has 0 aliphatic heterocycles. The van der Waals surface area contributed by atoms with Gasteiger partial charge in [0.15, 0.2) is 0 Å². The number of aryl methyl sites for hydroxylation is 1. The third kappa shape index (κ3) is 4.18. The van der Waals surface area contributed by atoms with E-state index < -0.39 is 0 Å². The van der Waals surface area contributed by atoms with E-state index in [2.05, 4.69) is 10.3 Å². The number of nitrogens with zero attached hydrogens (tertiary/aromatic N) is 2. The van der Waals surface area contributed by atoms with Gasteiger partial charge in [0, 0.05) is 19.7 Å². The van der Waals surface area contributed by atoms with E-state index in [9.17, 15) is 4.79 Å². The molecule has 0 heterocycles.